The molecule has 1 fully saturated rings. The Morgan fingerprint density at radius 3 is 2.12 bits per heavy atom. The van der Waals surface area contributed by atoms with Crippen LogP contribution in [0.15, 0.2) is 36.4 Å². The van der Waals surface area contributed by atoms with Gasteiger partial charge in [0.05, 0.1) is 11.6 Å². The molecule has 130 valence electrons. The first-order valence-electron chi connectivity index (χ1n) is 9.05. The lowest BCUT2D eigenvalue weighted by Gasteiger charge is -2.27. The van der Waals surface area contributed by atoms with E-state index in [0.717, 1.165) is 11.3 Å². The minimum absolute atomic E-state index is 0.232. The van der Waals surface area contributed by atoms with Gasteiger partial charge in [0.2, 0.25) is 0 Å². The maximum Gasteiger partial charge on any atom is 0.0995 e. The third-order valence-electron chi connectivity index (χ3n) is 4.84. The summed E-state index contributed by atoms with van der Waals surface area (Å²) in [6, 6.07) is 15.6. The Bertz CT molecular complexity index is 796. The van der Waals surface area contributed by atoms with Crippen LogP contribution in [0.5, 0.6) is 0 Å². The zero-order valence-corrected chi connectivity index (χ0v) is 16.1. The molecule has 25 heavy (non-hydrogen) atoms. The standard InChI is InChI=1S/C22H25ClN2/c1-14(2)16-5-7-18(8-6-16)25(19-9-10-19)20-11-17(13-24)22(15(3)4)21(23)12-20/h5-8,11-12,14-15,19H,9-10H2,1-4H3. The molecule has 3 rings (SSSR count). The molecule has 0 unspecified atom stereocenters. The van der Waals surface area contributed by atoms with Crippen LogP contribution in [-0.2, 0) is 0 Å². The second kappa shape index (κ2) is 7.10. The molecule has 0 amide bonds. The van der Waals surface area contributed by atoms with E-state index in [1.165, 1.54) is 24.1 Å². The fraction of sp³-hybridized carbons (Fsp3) is 0.409. The summed E-state index contributed by atoms with van der Waals surface area (Å²) >= 11 is 6.55. The molecule has 2 nitrogen and oxygen atoms in total. The largest absolute Gasteiger partial charge is 0.338 e. The van der Waals surface area contributed by atoms with Crippen molar-refractivity contribution in [3.63, 3.8) is 0 Å². The lowest BCUT2D eigenvalue weighted by molar-refractivity contribution is 0.860. The second-order valence-electron chi connectivity index (χ2n) is 7.50. The van der Waals surface area contributed by atoms with Gasteiger partial charge in [-0.2, -0.15) is 5.26 Å². The van der Waals surface area contributed by atoms with E-state index >= 15 is 0 Å². The maximum atomic E-state index is 9.59. The monoisotopic (exact) mass is 352 g/mol. The highest BCUT2D eigenvalue weighted by molar-refractivity contribution is 6.32. The van der Waals surface area contributed by atoms with Crippen molar-refractivity contribution < 1.29 is 0 Å². The number of halogens is 1. The van der Waals surface area contributed by atoms with Gasteiger partial charge in [0.25, 0.3) is 0 Å². The Labute approximate surface area is 156 Å². The summed E-state index contributed by atoms with van der Waals surface area (Å²) in [5.74, 6) is 0.754. The van der Waals surface area contributed by atoms with Gasteiger partial charge >= 0.3 is 0 Å². The molecule has 0 aromatic heterocycles. The zero-order valence-electron chi connectivity index (χ0n) is 15.4. The average Bonchev–Trinajstić information content (AvgIpc) is 3.39. The van der Waals surface area contributed by atoms with Crippen LogP contribution in [0.4, 0.5) is 11.4 Å². The number of nitrogens with zero attached hydrogens (tertiary/aromatic N) is 2. The molecule has 0 bridgehead atoms. The summed E-state index contributed by atoms with van der Waals surface area (Å²) in [6.07, 6.45) is 2.36. The van der Waals surface area contributed by atoms with Gasteiger partial charge in [0.15, 0.2) is 0 Å². The van der Waals surface area contributed by atoms with E-state index in [9.17, 15) is 5.26 Å². The Balaban J connectivity index is 2.05. The Kier molecular flexibility index (Phi) is 5.06. The minimum atomic E-state index is 0.232. The molecule has 0 saturated heterocycles. The summed E-state index contributed by atoms with van der Waals surface area (Å²) in [5, 5.41) is 10.3. The average molecular weight is 353 g/mol. The zero-order chi connectivity index (χ0) is 18.1. The van der Waals surface area contributed by atoms with Crippen LogP contribution in [0.2, 0.25) is 5.02 Å². The van der Waals surface area contributed by atoms with E-state index < -0.39 is 0 Å². The molecule has 2 aromatic rings. The van der Waals surface area contributed by atoms with Crippen LogP contribution in [0, 0.1) is 11.3 Å². The van der Waals surface area contributed by atoms with Crippen molar-refractivity contribution in [2.24, 2.45) is 0 Å². The highest BCUT2D eigenvalue weighted by Gasteiger charge is 2.31. The van der Waals surface area contributed by atoms with Gasteiger partial charge in [-0.3, -0.25) is 0 Å². The Morgan fingerprint density at radius 2 is 1.64 bits per heavy atom. The summed E-state index contributed by atoms with van der Waals surface area (Å²) in [5.41, 5.74) is 5.15. The molecular formula is C22H25ClN2. The van der Waals surface area contributed by atoms with Gasteiger partial charge < -0.3 is 4.90 Å². The number of hydrogen-bond acceptors (Lipinski definition) is 2. The molecule has 3 heteroatoms. The summed E-state index contributed by atoms with van der Waals surface area (Å²) in [7, 11) is 0. The van der Waals surface area contributed by atoms with Crippen molar-refractivity contribution in [1.29, 1.82) is 5.26 Å². The highest BCUT2D eigenvalue weighted by Crippen LogP contribution is 2.41. The van der Waals surface area contributed by atoms with Crippen LogP contribution in [0.1, 0.15) is 69.1 Å². The van der Waals surface area contributed by atoms with Crippen molar-refractivity contribution in [3.05, 3.63) is 58.1 Å². The van der Waals surface area contributed by atoms with E-state index in [4.69, 9.17) is 11.6 Å². The SMILES string of the molecule is CC(C)c1ccc(N(c2cc(Cl)c(C(C)C)c(C#N)c2)C2CC2)cc1. The van der Waals surface area contributed by atoms with E-state index in [1.54, 1.807) is 0 Å². The van der Waals surface area contributed by atoms with Crippen molar-refractivity contribution in [3.8, 4) is 6.07 Å². The van der Waals surface area contributed by atoms with Crippen LogP contribution in [0.3, 0.4) is 0 Å². The fourth-order valence-electron chi connectivity index (χ4n) is 3.35. The van der Waals surface area contributed by atoms with E-state index in [1.807, 2.05) is 12.1 Å². The third kappa shape index (κ3) is 3.67. The summed E-state index contributed by atoms with van der Waals surface area (Å²) in [4.78, 5) is 2.33. The van der Waals surface area contributed by atoms with Crippen molar-refractivity contribution in [2.75, 3.05) is 4.90 Å². The van der Waals surface area contributed by atoms with Gasteiger partial charge in [0, 0.05) is 22.4 Å². The number of hydrogen-bond donors (Lipinski definition) is 0. The van der Waals surface area contributed by atoms with Crippen LogP contribution < -0.4 is 4.90 Å². The van der Waals surface area contributed by atoms with Gasteiger partial charge in [-0.05, 0) is 60.1 Å². The predicted octanol–water partition coefficient (Wildman–Crippen LogP) is 6.76. The molecule has 0 radical (unpaired) electrons. The number of rotatable bonds is 5. The van der Waals surface area contributed by atoms with Gasteiger partial charge in [-0.1, -0.05) is 51.4 Å². The molecule has 0 heterocycles. The topological polar surface area (TPSA) is 27.0 Å². The van der Waals surface area contributed by atoms with Crippen molar-refractivity contribution in [2.45, 2.75) is 58.4 Å². The van der Waals surface area contributed by atoms with Gasteiger partial charge in [-0.25, -0.2) is 0 Å². The first-order chi connectivity index (χ1) is 11.9. The number of nitriles is 1. The predicted molar refractivity (Wildman–Crippen MR) is 106 cm³/mol. The third-order valence-corrected chi connectivity index (χ3v) is 5.15. The minimum Gasteiger partial charge on any atom is -0.338 e. The molecular weight excluding hydrogens is 328 g/mol. The Hall–Kier alpha value is -1.98. The molecule has 1 aliphatic carbocycles. The first kappa shape index (κ1) is 17.8. The first-order valence-corrected chi connectivity index (χ1v) is 9.43. The second-order valence-corrected chi connectivity index (χ2v) is 7.91. The van der Waals surface area contributed by atoms with E-state index in [0.29, 0.717) is 22.5 Å². The molecule has 0 atom stereocenters. The lowest BCUT2D eigenvalue weighted by Crippen LogP contribution is -2.20. The summed E-state index contributed by atoms with van der Waals surface area (Å²) < 4.78 is 0. The van der Waals surface area contributed by atoms with Crippen molar-refractivity contribution in [1.82, 2.24) is 0 Å². The van der Waals surface area contributed by atoms with Gasteiger partial charge in [0.1, 0.15) is 0 Å². The van der Waals surface area contributed by atoms with E-state index in [-0.39, 0.29) is 5.92 Å². The van der Waals surface area contributed by atoms with Crippen LogP contribution in [0.25, 0.3) is 0 Å². The quantitative estimate of drug-likeness (QED) is 0.594. The summed E-state index contributed by atoms with van der Waals surface area (Å²) in [6.45, 7) is 8.56. The molecule has 2 aromatic carbocycles. The van der Waals surface area contributed by atoms with Crippen LogP contribution in [-0.4, -0.2) is 6.04 Å². The number of benzene rings is 2. The maximum absolute atomic E-state index is 9.59. The lowest BCUT2D eigenvalue weighted by atomic mass is 9.96. The fourth-order valence-corrected chi connectivity index (χ4v) is 3.78. The molecule has 0 N–H and O–H groups in total. The molecule has 1 aliphatic rings. The van der Waals surface area contributed by atoms with E-state index in [2.05, 4.69) is 62.9 Å². The Morgan fingerprint density at radius 1 is 1.00 bits per heavy atom. The smallest absolute Gasteiger partial charge is 0.0995 e. The van der Waals surface area contributed by atoms with Crippen molar-refractivity contribution >= 4 is 23.0 Å². The highest BCUT2D eigenvalue weighted by atomic mass is 35.5. The van der Waals surface area contributed by atoms with Crippen LogP contribution >= 0.6 is 11.6 Å². The normalized spacial score (nSPS) is 14.0. The molecule has 1 saturated carbocycles. The molecule has 0 spiro atoms. The molecule has 0 aliphatic heterocycles. The van der Waals surface area contributed by atoms with Gasteiger partial charge in [-0.15, -0.1) is 0 Å². The number of anilines is 2.